The van der Waals surface area contributed by atoms with Crippen LogP contribution in [-0.4, -0.2) is 19.1 Å². The Hall–Kier alpha value is -3.25. The first-order valence-corrected chi connectivity index (χ1v) is 9.67. The van der Waals surface area contributed by atoms with Crippen molar-refractivity contribution in [3.8, 4) is 11.4 Å². The van der Waals surface area contributed by atoms with E-state index in [1.165, 1.54) is 15.3 Å². The molecule has 0 saturated heterocycles. The van der Waals surface area contributed by atoms with E-state index in [4.69, 9.17) is 11.6 Å². The van der Waals surface area contributed by atoms with Gasteiger partial charge in [0.05, 0.1) is 6.54 Å². The van der Waals surface area contributed by atoms with Crippen LogP contribution >= 0.6 is 11.6 Å². The minimum Gasteiger partial charge on any atom is -0.277 e. The normalized spacial score (nSPS) is 11.1. The number of halogens is 1. The molecule has 2 aromatic carbocycles. The third-order valence-corrected chi connectivity index (χ3v) is 5.09. The number of aryl methyl sites for hydroxylation is 2. The molecule has 0 aliphatic carbocycles. The predicted molar refractivity (Wildman–Crippen MR) is 114 cm³/mol. The molecule has 7 heteroatoms. The van der Waals surface area contributed by atoms with Crippen LogP contribution in [0.4, 0.5) is 0 Å². The van der Waals surface area contributed by atoms with Crippen LogP contribution in [0.25, 0.3) is 22.4 Å². The Balaban J connectivity index is 1.89. The van der Waals surface area contributed by atoms with Gasteiger partial charge in [-0.05, 0) is 43.7 Å². The van der Waals surface area contributed by atoms with E-state index < -0.39 is 5.56 Å². The smallest absolute Gasteiger partial charge is 0.277 e. The highest BCUT2D eigenvalue weighted by molar-refractivity contribution is 6.30. The molecular weight excluding hydrogens is 388 g/mol. The molecule has 0 saturated carbocycles. The van der Waals surface area contributed by atoms with Crippen molar-refractivity contribution in [3.05, 3.63) is 91.7 Å². The van der Waals surface area contributed by atoms with Crippen LogP contribution in [0, 0.1) is 6.92 Å². The molecule has 0 N–H and O–H groups in total. The van der Waals surface area contributed by atoms with E-state index in [1.807, 2.05) is 38.1 Å². The summed E-state index contributed by atoms with van der Waals surface area (Å²) in [5.41, 5.74) is 2.33. The topological polar surface area (TPSA) is 69.8 Å². The van der Waals surface area contributed by atoms with Gasteiger partial charge in [0.15, 0.2) is 11.5 Å². The summed E-state index contributed by atoms with van der Waals surface area (Å²) in [4.78, 5) is 35.0. The minimum atomic E-state index is -0.391. The minimum absolute atomic E-state index is 0.201. The molecule has 4 aromatic rings. The maximum atomic E-state index is 13.0. The first-order chi connectivity index (χ1) is 14.0. The lowest BCUT2D eigenvalue weighted by atomic mass is 10.1. The Morgan fingerprint density at radius 1 is 0.966 bits per heavy atom. The highest BCUT2D eigenvalue weighted by atomic mass is 35.5. The third-order valence-electron chi connectivity index (χ3n) is 4.84. The Bertz CT molecular complexity index is 1310. The van der Waals surface area contributed by atoms with Crippen molar-refractivity contribution < 1.29 is 0 Å². The number of benzene rings is 2. The second-order valence-corrected chi connectivity index (χ2v) is 7.28. The van der Waals surface area contributed by atoms with E-state index in [0.717, 1.165) is 16.7 Å². The number of hydrogen-bond acceptors (Lipinski definition) is 4. The van der Waals surface area contributed by atoms with E-state index in [9.17, 15) is 9.59 Å². The van der Waals surface area contributed by atoms with E-state index in [1.54, 1.807) is 24.3 Å². The molecule has 29 heavy (non-hydrogen) atoms. The zero-order valence-electron chi connectivity index (χ0n) is 16.1. The summed E-state index contributed by atoms with van der Waals surface area (Å²) >= 11 is 5.95. The molecule has 6 nitrogen and oxygen atoms in total. The van der Waals surface area contributed by atoms with Crippen molar-refractivity contribution in [3.63, 3.8) is 0 Å². The van der Waals surface area contributed by atoms with Gasteiger partial charge in [-0.25, -0.2) is 14.8 Å². The second-order valence-electron chi connectivity index (χ2n) is 6.84. The average Bonchev–Trinajstić information content (AvgIpc) is 2.73. The average molecular weight is 407 g/mol. The number of nitrogens with zero attached hydrogens (tertiary/aromatic N) is 4. The van der Waals surface area contributed by atoms with Crippen LogP contribution in [0.5, 0.6) is 0 Å². The van der Waals surface area contributed by atoms with Crippen LogP contribution in [-0.2, 0) is 13.1 Å². The van der Waals surface area contributed by atoms with Crippen molar-refractivity contribution in [1.82, 2.24) is 19.1 Å². The lowest BCUT2D eigenvalue weighted by Crippen LogP contribution is -2.40. The fraction of sp³-hybridized carbons (Fsp3) is 0.182. The number of fused-ring (bicyclic) bond motifs is 1. The summed E-state index contributed by atoms with van der Waals surface area (Å²) in [6.45, 7) is 4.44. The van der Waals surface area contributed by atoms with Gasteiger partial charge in [-0.1, -0.05) is 41.4 Å². The lowest BCUT2D eigenvalue weighted by molar-refractivity contribution is 0.618. The molecule has 0 aliphatic rings. The molecule has 0 atom stereocenters. The molecule has 0 spiro atoms. The van der Waals surface area contributed by atoms with Crippen molar-refractivity contribution in [1.29, 1.82) is 0 Å². The van der Waals surface area contributed by atoms with Gasteiger partial charge < -0.3 is 0 Å². The first kappa shape index (κ1) is 19.1. The first-order valence-electron chi connectivity index (χ1n) is 9.30. The van der Waals surface area contributed by atoms with Gasteiger partial charge in [-0.15, -0.1) is 0 Å². The quantitative estimate of drug-likeness (QED) is 0.518. The van der Waals surface area contributed by atoms with Gasteiger partial charge in [-0.3, -0.25) is 13.9 Å². The van der Waals surface area contributed by atoms with Gasteiger partial charge in [0.25, 0.3) is 5.56 Å². The van der Waals surface area contributed by atoms with Crippen LogP contribution in [0.15, 0.2) is 64.3 Å². The Kier molecular flexibility index (Phi) is 5.03. The SMILES string of the molecule is CCn1c(=O)n(Cc2ccc(C)cc2)c(=O)c2cnc(-c3ccc(Cl)cc3)nc21. The monoisotopic (exact) mass is 406 g/mol. The maximum absolute atomic E-state index is 13.0. The fourth-order valence-corrected chi connectivity index (χ4v) is 3.36. The van der Waals surface area contributed by atoms with Crippen molar-refractivity contribution in [2.24, 2.45) is 0 Å². The van der Waals surface area contributed by atoms with Crippen LogP contribution in [0.3, 0.4) is 0 Å². The molecule has 0 radical (unpaired) electrons. The molecule has 0 aliphatic heterocycles. The summed E-state index contributed by atoms with van der Waals surface area (Å²) in [6, 6.07) is 14.9. The maximum Gasteiger partial charge on any atom is 0.332 e. The van der Waals surface area contributed by atoms with E-state index in [2.05, 4.69) is 9.97 Å². The molecule has 0 fully saturated rings. The number of aromatic nitrogens is 4. The standard InChI is InChI=1S/C22H19ClN4O2/c1-3-26-20-18(12-24-19(25-20)16-8-10-17(23)11-9-16)21(28)27(22(26)29)13-15-6-4-14(2)5-7-15/h4-12H,3,13H2,1-2H3. The summed E-state index contributed by atoms with van der Waals surface area (Å²) in [6.07, 6.45) is 1.49. The molecule has 4 rings (SSSR count). The zero-order chi connectivity index (χ0) is 20.5. The molecule has 0 bridgehead atoms. The van der Waals surface area contributed by atoms with Crippen molar-refractivity contribution in [2.45, 2.75) is 26.9 Å². The zero-order valence-corrected chi connectivity index (χ0v) is 16.8. The molecule has 2 heterocycles. The molecule has 2 aromatic heterocycles. The lowest BCUT2D eigenvalue weighted by Gasteiger charge is -2.13. The molecule has 0 unspecified atom stereocenters. The summed E-state index contributed by atoms with van der Waals surface area (Å²) in [5.74, 6) is 0.437. The largest absolute Gasteiger partial charge is 0.332 e. The van der Waals surface area contributed by atoms with Crippen molar-refractivity contribution >= 4 is 22.6 Å². The van der Waals surface area contributed by atoms with Gasteiger partial charge in [-0.2, -0.15) is 0 Å². The van der Waals surface area contributed by atoms with Gasteiger partial charge in [0.2, 0.25) is 0 Å². The number of rotatable bonds is 4. The van der Waals surface area contributed by atoms with E-state index in [0.29, 0.717) is 28.4 Å². The second kappa shape index (κ2) is 7.64. The summed E-state index contributed by atoms with van der Waals surface area (Å²) in [5, 5.41) is 0.926. The molecular formula is C22H19ClN4O2. The Morgan fingerprint density at radius 2 is 1.66 bits per heavy atom. The van der Waals surface area contributed by atoms with Crippen LogP contribution in [0.1, 0.15) is 18.1 Å². The number of hydrogen-bond donors (Lipinski definition) is 0. The Labute approximate surface area is 172 Å². The van der Waals surface area contributed by atoms with Gasteiger partial charge in [0, 0.05) is 23.3 Å². The predicted octanol–water partition coefficient (Wildman–Crippen LogP) is 3.65. The summed E-state index contributed by atoms with van der Waals surface area (Å²) < 4.78 is 2.74. The van der Waals surface area contributed by atoms with Crippen LogP contribution < -0.4 is 11.2 Å². The molecule has 0 amide bonds. The fourth-order valence-electron chi connectivity index (χ4n) is 3.24. The third kappa shape index (κ3) is 3.59. The summed E-state index contributed by atoms with van der Waals surface area (Å²) in [7, 11) is 0. The van der Waals surface area contributed by atoms with Gasteiger partial charge in [0.1, 0.15) is 5.39 Å². The highest BCUT2D eigenvalue weighted by Gasteiger charge is 2.15. The van der Waals surface area contributed by atoms with Gasteiger partial charge >= 0.3 is 5.69 Å². The van der Waals surface area contributed by atoms with Crippen LogP contribution in [0.2, 0.25) is 5.02 Å². The molecule has 146 valence electrons. The van der Waals surface area contributed by atoms with E-state index in [-0.39, 0.29) is 12.2 Å². The highest BCUT2D eigenvalue weighted by Crippen LogP contribution is 2.19. The van der Waals surface area contributed by atoms with E-state index >= 15 is 0 Å². The Morgan fingerprint density at radius 3 is 2.31 bits per heavy atom. The van der Waals surface area contributed by atoms with Crippen molar-refractivity contribution in [2.75, 3.05) is 0 Å².